The number of fused-ring (bicyclic) bond motifs is 1. The number of carboxylic acid groups (broad SMARTS) is 1. The largest absolute Gasteiger partial charge is 0.481 e. The van der Waals surface area contributed by atoms with E-state index in [2.05, 4.69) is 16.0 Å². The number of thioether (sulfide) groups is 1. The smallest absolute Gasteiger partial charge is 0.315 e. The summed E-state index contributed by atoms with van der Waals surface area (Å²) in [6.07, 6.45) is 6.59. The van der Waals surface area contributed by atoms with Crippen LogP contribution in [0.1, 0.15) is 84.0 Å². The molecule has 2 aliphatic heterocycles. The van der Waals surface area contributed by atoms with Gasteiger partial charge in [0, 0.05) is 31.6 Å². The van der Waals surface area contributed by atoms with Crippen LogP contribution >= 0.6 is 11.8 Å². The van der Waals surface area contributed by atoms with Gasteiger partial charge in [-0.2, -0.15) is 0 Å². The molecule has 2 aliphatic rings. The molecule has 0 bridgehead atoms. The van der Waals surface area contributed by atoms with E-state index in [1.54, 1.807) is 0 Å². The highest BCUT2D eigenvalue weighted by Crippen LogP contribution is 2.44. The summed E-state index contributed by atoms with van der Waals surface area (Å²) in [5.41, 5.74) is 0. The Kier molecular flexibility index (Phi) is 11.7. The number of hydrogen-bond acceptors (Lipinski definition) is 7. The van der Waals surface area contributed by atoms with Crippen molar-refractivity contribution in [2.24, 2.45) is 0 Å². The second-order valence-electron chi connectivity index (χ2n) is 8.87. The first kappa shape index (κ1) is 27.9. The number of carbonyl (C=O) groups is 5. The third-order valence-electron chi connectivity index (χ3n) is 6.16. The normalized spacial score (nSPS) is 23.0. The van der Waals surface area contributed by atoms with E-state index in [0.717, 1.165) is 19.3 Å². The Hall–Kier alpha value is -2.30. The molecule has 4 N–H and O–H groups in total. The number of aliphatic carboxylic acids is 1. The van der Waals surface area contributed by atoms with Crippen LogP contribution in [0.2, 0.25) is 0 Å². The minimum Gasteiger partial charge on any atom is -0.481 e. The predicted octanol–water partition coefficient (Wildman–Crippen LogP) is 2.49. The Labute approximate surface area is 204 Å². The van der Waals surface area contributed by atoms with Crippen LogP contribution in [-0.2, 0) is 23.9 Å². The average molecular weight is 500 g/mol. The summed E-state index contributed by atoms with van der Waals surface area (Å²) in [6, 6.07) is -0.744. The van der Waals surface area contributed by atoms with Crippen molar-refractivity contribution in [2.75, 3.05) is 12.3 Å². The van der Waals surface area contributed by atoms with Gasteiger partial charge in [-0.15, -0.1) is 11.8 Å². The zero-order valence-corrected chi connectivity index (χ0v) is 20.7. The van der Waals surface area contributed by atoms with E-state index in [-0.39, 0.29) is 43.3 Å². The Morgan fingerprint density at radius 3 is 2.35 bits per heavy atom. The van der Waals surface area contributed by atoms with Crippen molar-refractivity contribution in [3.63, 3.8) is 0 Å². The monoisotopic (exact) mass is 499 g/mol. The lowest BCUT2D eigenvalue weighted by molar-refractivity contribution is -0.159. The van der Waals surface area contributed by atoms with Crippen LogP contribution in [0.15, 0.2) is 0 Å². The number of carbonyl (C=O) groups excluding carboxylic acids is 4. The Morgan fingerprint density at radius 1 is 1.00 bits per heavy atom. The molecule has 3 atom stereocenters. The lowest BCUT2D eigenvalue weighted by Gasteiger charge is -2.32. The second-order valence-corrected chi connectivity index (χ2v) is 10.2. The van der Waals surface area contributed by atoms with Gasteiger partial charge < -0.3 is 25.8 Å². The first-order valence-electron chi connectivity index (χ1n) is 12.2. The predicted molar refractivity (Wildman–Crippen MR) is 127 cm³/mol. The van der Waals surface area contributed by atoms with Gasteiger partial charge in [0.25, 0.3) is 0 Å². The highest BCUT2D eigenvalue weighted by molar-refractivity contribution is 8.01. The molecule has 2 fully saturated rings. The van der Waals surface area contributed by atoms with E-state index in [4.69, 9.17) is 9.84 Å². The molecule has 0 spiro atoms. The number of carboxylic acids is 1. The summed E-state index contributed by atoms with van der Waals surface area (Å²) in [7, 11) is 0. The molecule has 10 nitrogen and oxygen atoms in total. The van der Waals surface area contributed by atoms with Gasteiger partial charge in [-0.05, 0) is 32.1 Å². The SMILES string of the molecule is CCCCCC(=O)OC(=O)CCCCCNC(=O)[C@@]1(CCCCC(=O)O)SC[C@@H]2NC(=O)N[C@@H]21. The van der Waals surface area contributed by atoms with Crippen LogP contribution < -0.4 is 16.0 Å². The molecular weight excluding hydrogens is 462 g/mol. The lowest BCUT2D eigenvalue weighted by Crippen LogP contribution is -2.56. The van der Waals surface area contributed by atoms with E-state index in [1.165, 1.54) is 11.8 Å². The summed E-state index contributed by atoms with van der Waals surface area (Å²) in [6.45, 7) is 2.47. The number of hydrogen-bond donors (Lipinski definition) is 4. The number of esters is 2. The maximum atomic E-state index is 13.2. The van der Waals surface area contributed by atoms with Crippen LogP contribution in [0.3, 0.4) is 0 Å². The van der Waals surface area contributed by atoms with Crippen LogP contribution in [-0.4, -0.2) is 64.1 Å². The molecule has 3 amide bonds. The summed E-state index contributed by atoms with van der Waals surface area (Å²) < 4.78 is 3.98. The van der Waals surface area contributed by atoms with E-state index < -0.39 is 22.7 Å². The first-order valence-corrected chi connectivity index (χ1v) is 13.2. The third-order valence-corrected chi connectivity index (χ3v) is 7.84. The van der Waals surface area contributed by atoms with Gasteiger partial charge in [0.15, 0.2) is 0 Å². The summed E-state index contributed by atoms with van der Waals surface area (Å²) in [5.74, 6) is -1.38. The summed E-state index contributed by atoms with van der Waals surface area (Å²) >= 11 is 1.51. The van der Waals surface area contributed by atoms with Crippen molar-refractivity contribution >= 4 is 41.6 Å². The molecule has 192 valence electrons. The Balaban J connectivity index is 1.72. The van der Waals surface area contributed by atoms with Crippen molar-refractivity contribution in [1.82, 2.24) is 16.0 Å². The van der Waals surface area contributed by atoms with Crippen LogP contribution in [0.25, 0.3) is 0 Å². The summed E-state index contributed by atoms with van der Waals surface area (Å²) in [5, 5.41) is 17.5. The lowest BCUT2D eigenvalue weighted by atomic mass is 9.88. The topological polar surface area (TPSA) is 151 Å². The van der Waals surface area contributed by atoms with Crippen LogP contribution in [0.4, 0.5) is 4.79 Å². The molecule has 0 aliphatic carbocycles. The van der Waals surface area contributed by atoms with Gasteiger partial charge in [0.05, 0.1) is 12.1 Å². The summed E-state index contributed by atoms with van der Waals surface area (Å²) in [4.78, 5) is 59.1. The molecule has 0 aromatic rings. The molecule has 2 rings (SSSR count). The Bertz CT molecular complexity index is 748. The maximum absolute atomic E-state index is 13.2. The molecule has 34 heavy (non-hydrogen) atoms. The van der Waals surface area contributed by atoms with Gasteiger partial charge in [0.1, 0.15) is 4.75 Å². The number of urea groups is 1. The van der Waals surface area contributed by atoms with Crippen LogP contribution in [0, 0.1) is 0 Å². The van der Waals surface area contributed by atoms with Gasteiger partial charge in [-0.25, -0.2) is 4.79 Å². The number of ether oxygens (including phenoxy) is 1. The van der Waals surface area contributed by atoms with E-state index in [1.807, 2.05) is 6.92 Å². The van der Waals surface area contributed by atoms with Gasteiger partial charge in [-0.3, -0.25) is 19.2 Å². The molecule has 0 aromatic heterocycles. The molecule has 0 radical (unpaired) electrons. The fraction of sp³-hybridized carbons (Fsp3) is 0.783. The first-order chi connectivity index (χ1) is 16.3. The molecule has 0 aromatic carbocycles. The highest BCUT2D eigenvalue weighted by atomic mass is 32.2. The van der Waals surface area contributed by atoms with E-state index in [9.17, 15) is 24.0 Å². The molecule has 0 unspecified atom stereocenters. The number of nitrogens with one attached hydrogen (secondary N) is 3. The van der Waals surface area contributed by atoms with Gasteiger partial charge in [0.2, 0.25) is 5.91 Å². The average Bonchev–Trinajstić information content (AvgIpc) is 3.31. The van der Waals surface area contributed by atoms with E-state index >= 15 is 0 Å². The highest BCUT2D eigenvalue weighted by Gasteiger charge is 2.57. The van der Waals surface area contributed by atoms with Crippen molar-refractivity contribution in [1.29, 1.82) is 0 Å². The molecule has 0 saturated carbocycles. The van der Waals surface area contributed by atoms with Crippen molar-refractivity contribution in [3.05, 3.63) is 0 Å². The van der Waals surface area contributed by atoms with Crippen molar-refractivity contribution < 1.29 is 33.8 Å². The number of rotatable bonds is 16. The minimum atomic E-state index is -0.865. The zero-order chi connectivity index (χ0) is 25.0. The third kappa shape index (κ3) is 8.48. The van der Waals surface area contributed by atoms with Crippen molar-refractivity contribution in [3.8, 4) is 0 Å². The number of amides is 3. The second kappa shape index (κ2) is 14.2. The maximum Gasteiger partial charge on any atom is 0.315 e. The molecule has 2 heterocycles. The van der Waals surface area contributed by atoms with Crippen LogP contribution in [0.5, 0.6) is 0 Å². The van der Waals surface area contributed by atoms with Crippen molar-refractivity contribution in [2.45, 2.75) is 101 Å². The minimum absolute atomic E-state index is 0.0494. The standard InChI is InChI=1S/C23H37N3O7S/c1-2-3-5-11-18(29)33-19(30)12-6-4-9-14-24-21(31)23(13-8-7-10-17(27)28)20-16(15-34-23)25-22(32)26-20/h16,20H,2-15H2,1H3,(H,24,31)(H,27,28)(H2,25,26,32)/t16-,20-,23-/m0/s1. The van der Waals surface area contributed by atoms with E-state index in [0.29, 0.717) is 50.8 Å². The molecular formula is C23H37N3O7S. The zero-order valence-electron chi connectivity index (χ0n) is 19.9. The quantitative estimate of drug-likeness (QED) is 0.109. The fourth-order valence-electron chi connectivity index (χ4n) is 4.33. The Morgan fingerprint density at radius 2 is 1.68 bits per heavy atom. The molecule has 11 heteroatoms. The van der Waals surface area contributed by atoms with Gasteiger partial charge in [-0.1, -0.05) is 32.6 Å². The van der Waals surface area contributed by atoms with Gasteiger partial charge >= 0.3 is 23.9 Å². The number of unbranched alkanes of at least 4 members (excludes halogenated alkanes) is 5. The molecule has 2 saturated heterocycles. The fourth-order valence-corrected chi connectivity index (χ4v) is 5.97.